The van der Waals surface area contributed by atoms with E-state index in [2.05, 4.69) is 6.58 Å². The van der Waals surface area contributed by atoms with Gasteiger partial charge in [0.1, 0.15) is 5.76 Å². The van der Waals surface area contributed by atoms with Crippen LogP contribution < -0.4 is 0 Å². The molecule has 0 aliphatic carbocycles. The lowest BCUT2D eigenvalue weighted by molar-refractivity contribution is -0.136. The van der Waals surface area contributed by atoms with E-state index in [1.807, 2.05) is 13.0 Å². The van der Waals surface area contributed by atoms with Crippen molar-refractivity contribution in [2.24, 2.45) is 0 Å². The molecule has 82 valence electrons. The second kappa shape index (κ2) is 7.62. The Bertz CT molecular complexity index is 309. The van der Waals surface area contributed by atoms with Gasteiger partial charge in [0.05, 0.1) is 0 Å². The highest BCUT2D eigenvalue weighted by molar-refractivity contribution is 5.67. The minimum Gasteiger partial charge on any atom is -0.508 e. The second-order valence-electron chi connectivity index (χ2n) is 2.93. The highest BCUT2D eigenvalue weighted by atomic mass is 16.4. The van der Waals surface area contributed by atoms with Gasteiger partial charge in [0.2, 0.25) is 0 Å². The van der Waals surface area contributed by atoms with Gasteiger partial charge in [-0.25, -0.2) is 0 Å². The molecule has 0 radical (unpaired) electrons. The lowest BCUT2D eigenvalue weighted by Crippen LogP contribution is -1.95. The van der Waals surface area contributed by atoms with Crippen molar-refractivity contribution in [1.82, 2.24) is 0 Å². The Hall–Kier alpha value is -1.77. The number of aliphatic hydroxyl groups is 1. The standard InChI is InChI=1S/C12H16O3/c1-3-5-6-10(7-8-12(14)15)9-11(13)4-2/h3-6,9,13H,2,7-8H2,1H3,(H,14,15)/b5-3-,10-6-,11-9+. The van der Waals surface area contributed by atoms with Crippen molar-refractivity contribution in [3.63, 3.8) is 0 Å². The summed E-state index contributed by atoms with van der Waals surface area (Å²) in [4.78, 5) is 10.4. The summed E-state index contributed by atoms with van der Waals surface area (Å²) >= 11 is 0. The third kappa shape index (κ3) is 7.31. The molecule has 15 heavy (non-hydrogen) atoms. The van der Waals surface area contributed by atoms with Crippen molar-refractivity contribution < 1.29 is 15.0 Å². The van der Waals surface area contributed by atoms with Gasteiger partial charge >= 0.3 is 5.97 Å². The molecule has 0 saturated carbocycles. The molecule has 0 rings (SSSR count). The van der Waals surface area contributed by atoms with Crippen LogP contribution in [0.1, 0.15) is 19.8 Å². The fourth-order valence-corrected chi connectivity index (χ4v) is 0.924. The van der Waals surface area contributed by atoms with Gasteiger partial charge in [-0.2, -0.15) is 0 Å². The minimum absolute atomic E-state index is 0.0381. The number of hydrogen-bond acceptors (Lipinski definition) is 2. The lowest BCUT2D eigenvalue weighted by Gasteiger charge is -1.99. The summed E-state index contributed by atoms with van der Waals surface area (Å²) in [5.74, 6) is -0.816. The Labute approximate surface area is 89.7 Å². The van der Waals surface area contributed by atoms with E-state index in [0.717, 1.165) is 5.57 Å². The van der Waals surface area contributed by atoms with Gasteiger partial charge in [0.25, 0.3) is 0 Å². The summed E-state index contributed by atoms with van der Waals surface area (Å²) in [6.07, 6.45) is 8.65. The molecular weight excluding hydrogens is 192 g/mol. The Morgan fingerprint density at radius 2 is 2.00 bits per heavy atom. The van der Waals surface area contributed by atoms with Crippen LogP contribution >= 0.6 is 0 Å². The Kier molecular flexibility index (Phi) is 6.72. The molecule has 0 aliphatic rings. The molecule has 2 N–H and O–H groups in total. The zero-order chi connectivity index (χ0) is 11.7. The quantitative estimate of drug-likeness (QED) is 0.521. The molecule has 0 aliphatic heterocycles. The van der Waals surface area contributed by atoms with Crippen molar-refractivity contribution >= 4 is 5.97 Å². The summed E-state index contributed by atoms with van der Waals surface area (Å²) in [6.45, 7) is 5.27. The topological polar surface area (TPSA) is 57.5 Å². The summed E-state index contributed by atoms with van der Waals surface area (Å²) in [5, 5.41) is 17.8. The number of carbonyl (C=O) groups is 1. The van der Waals surface area contributed by atoms with E-state index >= 15 is 0 Å². The van der Waals surface area contributed by atoms with Crippen molar-refractivity contribution in [3.8, 4) is 0 Å². The summed E-state index contributed by atoms with van der Waals surface area (Å²) in [7, 11) is 0. The van der Waals surface area contributed by atoms with E-state index in [-0.39, 0.29) is 12.2 Å². The molecule has 0 amide bonds. The monoisotopic (exact) mass is 208 g/mol. The molecule has 3 nitrogen and oxygen atoms in total. The van der Waals surface area contributed by atoms with Crippen LogP contribution in [0, 0.1) is 0 Å². The molecule has 0 heterocycles. The molecule has 0 aromatic heterocycles. The van der Waals surface area contributed by atoms with Gasteiger partial charge in [-0.1, -0.05) is 24.8 Å². The Morgan fingerprint density at radius 3 is 2.47 bits per heavy atom. The molecule has 0 atom stereocenters. The molecule has 0 unspecified atom stereocenters. The predicted octanol–water partition coefficient (Wildman–Crippen LogP) is 2.98. The zero-order valence-electron chi connectivity index (χ0n) is 8.81. The Morgan fingerprint density at radius 1 is 1.33 bits per heavy atom. The molecule has 0 spiro atoms. The maximum Gasteiger partial charge on any atom is 0.303 e. The molecule has 0 aromatic carbocycles. The van der Waals surface area contributed by atoms with Gasteiger partial charge in [0, 0.05) is 6.42 Å². The van der Waals surface area contributed by atoms with Crippen molar-refractivity contribution in [2.75, 3.05) is 0 Å². The first-order valence-corrected chi connectivity index (χ1v) is 4.67. The number of allylic oxidation sites excluding steroid dienone is 6. The largest absolute Gasteiger partial charge is 0.508 e. The average molecular weight is 208 g/mol. The van der Waals surface area contributed by atoms with E-state index in [1.165, 1.54) is 12.2 Å². The first kappa shape index (κ1) is 13.2. The number of carboxylic acid groups (broad SMARTS) is 1. The normalized spacial score (nSPS) is 13.1. The summed E-state index contributed by atoms with van der Waals surface area (Å²) in [6, 6.07) is 0. The van der Waals surface area contributed by atoms with E-state index in [9.17, 15) is 9.90 Å². The second-order valence-corrected chi connectivity index (χ2v) is 2.93. The number of rotatable bonds is 6. The molecule has 3 heteroatoms. The molecule has 0 saturated heterocycles. The first-order chi connectivity index (χ1) is 7.10. The van der Waals surface area contributed by atoms with Crippen LogP contribution in [0.15, 0.2) is 48.3 Å². The van der Waals surface area contributed by atoms with E-state index in [0.29, 0.717) is 6.42 Å². The highest BCUT2D eigenvalue weighted by Gasteiger charge is 1.99. The summed E-state index contributed by atoms with van der Waals surface area (Å²) < 4.78 is 0. The smallest absolute Gasteiger partial charge is 0.303 e. The Balaban J connectivity index is 4.58. The van der Waals surface area contributed by atoms with Crippen LogP contribution in [0.2, 0.25) is 0 Å². The van der Waals surface area contributed by atoms with Crippen molar-refractivity contribution in [1.29, 1.82) is 0 Å². The highest BCUT2D eigenvalue weighted by Crippen LogP contribution is 2.10. The van der Waals surface area contributed by atoms with E-state index in [1.54, 1.807) is 12.2 Å². The van der Waals surface area contributed by atoms with Gasteiger partial charge in [-0.15, -0.1) is 0 Å². The van der Waals surface area contributed by atoms with Crippen LogP contribution in [0.3, 0.4) is 0 Å². The zero-order valence-corrected chi connectivity index (χ0v) is 8.81. The average Bonchev–Trinajstić information content (AvgIpc) is 2.21. The number of aliphatic carboxylic acids is 1. The third-order valence-corrected chi connectivity index (χ3v) is 1.67. The van der Waals surface area contributed by atoms with Crippen molar-refractivity contribution in [2.45, 2.75) is 19.8 Å². The molecule has 0 aromatic rings. The maximum atomic E-state index is 10.4. The van der Waals surface area contributed by atoms with Crippen molar-refractivity contribution in [3.05, 3.63) is 48.3 Å². The maximum absolute atomic E-state index is 10.4. The van der Waals surface area contributed by atoms with Gasteiger partial charge in [-0.3, -0.25) is 4.79 Å². The number of carboxylic acids is 1. The predicted molar refractivity (Wildman–Crippen MR) is 60.7 cm³/mol. The third-order valence-electron chi connectivity index (χ3n) is 1.67. The van der Waals surface area contributed by atoms with Gasteiger partial charge < -0.3 is 10.2 Å². The van der Waals surface area contributed by atoms with E-state index in [4.69, 9.17) is 5.11 Å². The molecular formula is C12H16O3. The van der Waals surface area contributed by atoms with Gasteiger partial charge in [-0.05, 0) is 31.1 Å². The van der Waals surface area contributed by atoms with E-state index < -0.39 is 5.97 Å². The summed E-state index contributed by atoms with van der Waals surface area (Å²) in [5.41, 5.74) is 0.757. The fourth-order valence-electron chi connectivity index (χ4n) is 0.924. The number of aliphatic hydroxyl groups excluding tert-OH is 1. The number of hydrogen-bond donors (Lipinski definition) is 2. The lowest BCUT2D eigenvalue weighted by atomic mass is 10.1. The SMILES string of the molecule is C=C\C(O)=C/C(=C\C=C/C)CCC(=O)O. The van der Waals surface area contributed by atoms with Crippen LogP contribution in [-0.2, 0) is 4.79 Å². The fraction of sp³-hybridized carbons (Fsp3) is 0.250. The van der Waals surface area contributed by atoms with Crippen LogP contribution in [-0.4, -0.2) is 16.2 Å². The van der Waals surface area contributed by atoms with Crippen LogP contribution in [0.4, 0.5) is 0 Å². The molecule has 0 fully saturated rings. The molecule has 0 bridgehead atoms. The van der Waals surface area contributed by atoms with Crippen LogP contribution in [0.5, 0.6) is 0 Å². The minimum atomic E-state index is -0.854. The van der Waals surface area contributed by atoms with Crippen LogP contribution in [0.25, 0.3) is 0 Å². The van der Waals surface area contributed by atoms with Gasteiger partial charge in [0.15, 0.2) is 0 Å². The first-order valence-electron chi connectivity index (χ1n) is 4.67.